The van der Waals surface area contributed by atoms with Crippen molar-refractivity contribution in [1.29, 1.82) is 0 Å². The molecule has 0 aromatic heterocycles. The lowest BCUT2D eigenvalue weighted by molar-refractivity contribution is -0.155. The van der Waals surface area contributed by atoms with Gasteiger partial charge in [-0.15, -0.1) is 0 Å². The van der Waals surface area contributed by atoms with Gasteiger partial charge in [-0.05, 0) is 43.4 Å². The average molecular weight is 367 g/mol. The van der Waals surface area contributed by atoms with Crippen molar-refractivity contribution in [3.05, 3.63) is 65.2 Å². The highest BCUT2D eigenvalue weighted by Crippen LogP contribution is 2.29. The molecule has 2 rings (SSSR count). The molecule has 0 aliphatic rings. The first-order valence-corrected chi connectivity index (χ1v) is 9.47. The van der Waals surface area contributed by atoms with E-state index in [-0.39, 0.29) is 23.7 Å². The van der Waals surface area contributed by atoms with E-state index in [1.807, 2.05) is 76.2 Å². The van der Waals surface area contributed by atoms with E-state index in [1.54, 1.807) is 6.92 Å². The highest BCUT2D eigenvalue weighted by atomic mass is 16.5. The quantitative estimate of drug-likeness (QED) is 0.700. The van der Waals surface area contributed by atoms with Crippen molar-refractivity contribution in [2.45, 2.75) is 53.1 Å². The monoisotopic (exact) mass is 367 g/mol. The lowest BCUT2D eigenvalue weighted by atomic mass is 9.85. The first kappa shape index (κ1) is 20.7. The zero-order valence-corrected chi connectivity index (χ0v) is 16.8. The molecule has 4 heteroatoms. The van der Waals surface area contributed by atoms with Gasteiger partial charge in [0.25, 0.3) is 5.91 Å². The minimum atomic E-state index is -0.869. The molecule has 1 N–H and O–H groups in total. The molecule has 2 aromatic rings. The number of anilines is 1. The number of rotatable bonds is 7. The second-order valence-corrected chi connectivity index (χ2v) is 7.11. The Morgan fingerprint density at radius 2 is 1.56 bits per heavy atom. The molecule has 4 nitrogen and oxygen atoms in total. The van der Waals surface area contributed by atoms with Crippen LogP contribution in [0.15, 0.2) is 48.5 Å². The van der Waals surface area contributed by atoms with Crippen LogP contribution in [0, 0.1) is 19.8 Å². The number of para-hydroxylation sites is 1. The van der Waals surface area contributed by atoms with E-state index in [0.717, 1.165) is 28.8 Å². The van der Waals surface area contributed by atoms with Gasteiger partial charge in [-0.2, -0.15) is 0 Å². The molecule has 0 bridgehead atoms. The molecule has 0 radical (unpaired) electrons. The summed E-state index contributed by atoms with van der Waals surface area (Å²) < 4.78 is 5.55. The van der Waals surface area contributed by atoms with Crippen LogP contribution in [-0.4, -0.2) is 18.0 Å². The van der Waals surface area contributed by atoms with E-state index in [0.29, 0.717) is 0 Å². The van der Waals surface area contributed by atoms with E-state index in [9.17, 15) is 9.59 Å². The molecule has 0 saturated heterocycles. The number of nitrogens with one attached hydrogen (secondary N) is 1. The Kier molecular flexibility index (Phi) is 7.17. The third-order valence-corrected chi connectivity index (χ3v) is 5.02. The lowest BCUT2D eigenvalue weighted by Gasteiger charge is -2.24. The second kappa shape index (κ2) is 9.36. The Hall–Kier alpha value is -2.62. The summed E-state index contributed by atoms with van der Waals surface area (Å²) in [6.07, 6.45) is -0.0238. The summed E-state index contributed by atoms with van der Waals surface area (Å²) in [6, 6.07) is 15.4. The molecular weight excluding hydrogens is 338 g/mol. The molecule has 0 saturated carbocycles. The van der Waals surface area contributed by atoms with Crippen molar-refractivity contribution in [2.24, 2.45) is 5.92 Å². The van der Waals surface area contributed by atoms with E-state index in [1.165, 1.54) is 0 Å². The minimum absolute atomic E-state index is 0.119. The minimum Gasteiger partial charge on any atom is -0.452 e. The number of hydrogen-bond acceptors (Lipinski definition) is 3. The molecule has 0 aliphatic heterocycles. The van der Waals surface area contributed by atoms with Crippen molar-refractivity contribution in [3.63, 3.8) is 0 Å². The molecule has 144 valence electrons. The van der Waals surface area contributed by atoms with E-state index in [4.69, 9.17) is 4.74 Å². The summed E-state index contributed by atoms with van der Waals surface area (Å²) >= 11 is 0. The van der Waals surface area contributed by atoms with Crippen molar-refractivity contribution >= 4 is 17.6 Å². The predicted octanol–water partition coefficient (Wildman–Crippen LogP) is 5.00. The first-order chi connectivity index (χ1) is 12.8. The van der Waals surface area contributed by atoms with Gasteiger partial charge in [0.1, 0.15) is 0 Å². The Balaban J connectivity index is 2.11. The molecule has 0 fully saturated rings. The molecule has 2 aromatic carbocycles. The molecule has 0 spiro atoms. The number of esters is 1. The number of carbonyl (C=O) groups excluding carboxylic acids is 2. The third-order valence-electron chi connectivity index (χ3n) is 5.02. The van der Waals surface area contributed by atoms with Crippen LogP contribution in [0.3, 0.4) is 0 Å². The number of amides is 1. The van der Waals surface area contributed by atoms with Crippen LogP contribution in [0.25, 0.3) is 0 Å². The Morgan fingerprint density at radius 1 is 0.963 bits per heavy atom. The van der Waals surface area contributed by atoms with Crippen LogP contribution in [0.5, 0.6) is 0 Å². The summed E-state index contributed by atoms with van der Waals surface area (Å²) in [5.74, 6) is -0.947. The summed E-state index contributed by atoms with van der Waals surface area (Å²) in [5.41, 5.74) is 3.64. The second-order valence-electron chi connectivity index (χ2n) is 7.11. The highest BCUT2D eigenvalue weighted by Gasteiger charge is 2.30. The predicted molar refractivity (Wildman–Crippen MR) is 109 cm³/mol. The fourth-order valence-corrected chi connectivity index (χ4v) is 3.13. The smallest absolute Gasteiger partial charge is 0.314 e. The molecule has 27 heavy (non-hydrogen) atoms. The first-order valence-electron chi connectivity index (χ1n) is 9.47. The van der Waals surface area contributed by atoms with E-state index < -0.39 is 6.10 Å². The van der Waals surface area contributed by atoms with Crippen molar-refractivity contribution < 1.29 is 14.3 Å². The van der Waals surface area contributed by atoms with Crippen LogP contribution < -0.4 is 5.32 Å². The topological polar surface area (TPSA) is 55.4 Å². The average Bonchev–Trinajstić information content (AvgIpc) is 2.65. The lowest BCUT2D eigenvalue weighted by Crippen LogP contribution is -2.33. The van der Waals surface area contributed by atoms with Crippen LogP contribution in [0.2, 0.25) is 0 Å². The van der Waals surface area contributed by atoms with Crippen molar-refractivity contribution in [2.75, 3.05) is 5.32 Å². The third kappa shape index (κ3) is 5.19. The maximum atomic E-state index is 12.8. The largest absolute Gasteiger partial charge is 0.452 e. The zero-order valence-electron chi connectivity index (χ0n) is 16.8. The van der Waals surface area contributed by atoms with Gasteiger partial charge in [0, 0.05) is 5.69 Å². The van der Waals surface area contributed by atoms with Gasteiger partial charge in [0.05, 0.1) is 5.92 Å². The van der Waals surface area contributed by atoms with Gasteiger partial charge >= 0.3 is 5.97 Å². The van der Waals surface area contributed by atoms with E-state index >= 15 is 0 Å². The van der Waals surface area contributed by atoms with Gasteiger partial charge < -0.3 is 10.1 Å². The fraction of sp³-hybridized carbons (Fsp3) is 0.391. The van der Waals surface area contributed by atoms with Gasteiger partial charge in [-0.3, -0.25) is 9.59 Å². The summed E-state index contributed by atoms with van der Waals surface area (Å²) in [6.45, 7) is 9.56. The standard InChI is InChI=1S/C23H29NO3/c1-6-15(2)20(19-13-8-7-9-14-19)23(26)27-18(5)22(25)24-21-16(3)11-10-12-17(21)4/h7-15,18,20H,6H2,1-5H3,(H,24,25)/t15-,18-,20+/m0/s1. The van der Waals surface area contributed by atoms with Gasteiger partial charge in [-0.25, -0.2) is 0 Å². The number of carbonyl (C=O) groups is 2. The van der Waals surface area contributed by atoms with Crippen LogP contribution in [0.4, 0.5) is 5.69 Å². The maximum absolute atomic E-state index is 12.8. The van der Waals surface area contributed by atoms with Crippen LogP contribution >= 0.6 is 0 Å². The number of hydrogen-bond donors (Lipinski definition) is 1. The zero-order chi connectivity index (χ0) is 20.0. The van der Waals surface area contributed by atoms with Gasteiger partial charge in [0.15, 0.2) is 6.10 Å². The van der Waals surface area contributed by atoms with Crippen molar-refractivity contribution in [1.82, 2.24) is 0 Å². The molecule has 0 heterocycles. The van der Waals surface area contributed by atoms with E-state index in [2.05, 4.69) is 5.32 Å². The molecule has 1 amide bonds. The Bertz CT molecular complexity index is 765. The van der Waals surface area contributed by atoms with Gasteiger partial charge in [-0.1, -0.05) is 68.8 Å². The summed E-state index contributed by atoms with van der Waals surface area (Å²) in [4.78, 5) is 25.4. The number of ether oxygens (including phenoxy) is 1. The Morgan fingerprint density at radius 3 is 2.11 bits per heavy atom. The molecule has 0 unspecified atom stereocenters. The van der Waals surface area contributed by atoms with Crippen molar-refractivity contribution in [3.8, 4) is 0 Å². The maximum Gasteiger partial charge on any atom is 0.314 e. The van der Waals surface area contributed by atoms with Gasteiger partial charge in [0.2, 0.25) is 0 Å². The fourth-order valence-electron chi connectivity index (χ4n) is 3.13. The number of benzene rings is 2. The van der Waals surface area contributed by atoms with Crippen LogP contribution in [0.1, 0.15) is 49.8 Å². The molecule has 0 aliphatic carbocycles. The summed E-state index contributed by atoms with van der Waals surface area (Å²) in [5, 5.41) is 2.89. The van der Waals surface area contributed by atoms with Crippen LogP contribution in [-0.2, 0) is 14.3 Å². The summed E-state index contributed by atoms with van der Waals surface area (Å²) in [7, 11) is 0. The normalized spacial score (nSPS) is 14.1. The molecular formula is C23H29NO3. The Labute approximate surface area is 161 Å². The SMILES string of the molecule is CC[C@H](C)[C@@H](C(=O)O[C@@H](C)C(=O)Nc1c(C)cccc1C)c1ccccc1. The number of aryl methyl sites for hydroxylation is 2. The molecule has 3 atom stereocenters. The highest BCUT2D eigenvalue weighted by molar-refractivity contribution is 5.96.